The van der Waals surface area contributed by atoms with E-state index in [1.54, 1.807) is 0 Å². The Kier molecular flexibility index (Phi) is 6.69. The van der Waals surface area contributed by atoms with Gasteiger partial charge in [-0.15, -0.1) is 0 Å². The number of hydrogen-bond acceptors (Lipinski definition) is 3. The number of nitrogens with two attached hydrogens (primary N) is 1. The molecule has 1 rings (SSSR count). The summed E-state index contributed by atoms with van der Waals surface area (Å²) in [6.45, 7) is 3.16. The highest BCUT2D eigenvalue weighted by Gasteiger charge is 2.24. The number of hydrogen-bond donors (Lipinski definition) is 2. The fourth-order valence-corrected chi connectivity index (χ4v) is 3.04. The summed E-state index contributed by atoms with van der Waals surface area (Å²) in [4.78, 5) is 0. The molecular weight excluding hydrogens is 204 g/mol. The summed E-state index contributed by atoms with van der Waals surface area (Å²) >= 11 is 1.93. The Labute approximate surface area is 98.8 Å². The zero-order valence-electron chi connectivity index (χ0n) is 10.2. The minimum absolute atomic E-state index is 0.648. The molecule has 0 aromatic heterocycles. The van der Waals surface area contributed by atoms with Gasteiger partial charge in [0.2, 0.25) is 0 Å². The molecule has 3 unspecified atom stereocenters. The summed E-state index contributed by atoms with van der Waals surface area (Å²) in [7, 11) is 0. The Morgan fingerprint density at radius 2 is 2.13 bits per heavy atom. The van der Waals surface area contributed by atoms with Gasteiger partial charge in [-0.25, -0.2) is 0 Å². The predicted octanol–water partition coefficient (Wildman–Crippen LogP) is 2.24. The first-order valence-electron chi connectivity index (χ1n) is 6.23. The normalized spacial score (nSPS) is 29.0. The van der Waals surface area contributed by atoms with E-state index in [2.05, 4.69) is 18.5 Å². The highest BCUT2D eigenvalue weighted by molar-refractivity contribution is 7.98. The van der Waals surface area contributed by atoms with Crippen molar-refractivity contribution >= 4 is 11.8 Å². The molecule has 0 bridgehead atoms. The molecule has 3 heteroatoms. The summed E-state index contributed by atoms with van der Waals surface area (Å²) in [5.41, 5.74) is 5.83. The first-order chi connectivity index (χ1) is 7.27. The minimum atomic E-state index is 0.648. The van der Waals surface area contributed by atoms with Crippen LogP contribution < -0.4 is 11.1 Å². The molecule has 1 fully saturated rings. The third kappa shape index (κ3) is 4.75. The van der Waals surface area contributed by atoms with Crippen molar-refractivity contribution in [2.45, 2.75) is 51.1 Å². The Morgan fingerprint density at radius 1 is 1.40 bits per heavy atom. The lowest BCUT2D eigenvalue weighted by atomic mass is 9.84. The molecule has 2 nitrogen and oxygen atoms in total. The zero-order chi connectivity index (χ0) is 11.1. The number of rotatable bonds is 6. The average Bonchev–Trinajstić information content (AvgIpc) is 2.27. The molecule has 15 heavy (non-hydrogen) atoms. The van der Waals surface area contributed by atoms with Crippen LogP contribution in [0.2, 0.25) is 0 Å². The summed E-state index contributed by atoms with van der Waals surface area (Å²) in [6.07, 6.45) is 8.85. The molecule has 0 aromatic carbocycles. The van der Waals surface area contributed by atoms with E-state index in [9.17, 15) is 0 Å². The fraction of sp³-hybridized carbons (Fsp3) is 1.00. The smallest absolute Gasteiger partial charge is 0.0110 e. The molecule has 0 aromatic rings. The van der Waals surface area contributed by atoms with Gasteiger partial charge in [-0.1, -0.05) is 12.8 Å². The van der Waals surface area contributed by atoms with Crippen molar-refractivity contribution in [3.63, 3.8) is 0 Å². The Hall–Kier alpha value is 0.270. The second kappa shape index (κ2) is 7.53. The van der Waals surface area contributed by atoms with Gasteiger partial charge in [0.25, 0.3) is 0 Å². The predicted molar refractivity (Wildman–Crippen MR) is 70.4 cm³/mol. The maximum absolute atomic E-state index is 5.83. The van der Waals surface area contributed by atoms with Crippen LogP contribution in [0.4, 0.5) is 0 Å². The molecule has 0 aliphatic heterocycles. The van der Waals surface area contributed by atoms with Gasteiger partial charge in [0, 0.05) is 12.1 Å². The SMILES string of the molecule is CSCCC(C)NC1CCCCC1CN. The third-order valence-electron chi connectivity index (χ3n) is 3.47. The van der Waals surface area contributed by atoms with Crippen LogP contribution in [0.3, 0.4) is 0 Å². The molecule has 0 heterocycles. The van der Waals surface area contributed by atoms with Crippen molar-refractivity contribution in [1.29, 1.82) is 0 Å². The highest BCUT2D eigenvalue weighted by atomic mass is 32.2. The average molecular weight is 230 g/mol. The van der Waals surface area contributed by atoms with E-state index in [4.69, 9.17) is 5.73 Å². The third-order valence-corrected chi connectivity index (χ3v) is 4.11. The second-order valence-electron chi connectivity index (χ2n) is 4.74. The first-order valence-corrected chi connectivity index (χ1v) is 7.62. The van der Waals surface area contributed by atoms with Gasteiger partial charge in [0.1, 0.15) is 0 Å². The molecule has 1 aliphatic rings. The topological polar surface area (TPSA) is 38.0 Å². The molecule has 0 spiro atoms. The lowest BCUT2D eigenvalue weighted by Crippen LogP contribution is -2.45. The first kappa shape index (κ1) is 13.3. The summed E-state index contributed by atoms with van der Waals surface area (Å²) < 4.78 is 0. The highest BCUT2D eigenvalue weighted by Crippen LogP contribution is 2.24. The van der Waals surface area contributed by atoms with E-state index in [1.807, 2.05) is 11.8 Å². The molecule has 0 radical (unpaired) electrons. The maximum Gasteiger partial charge on any atom is 0.0110 e. The Morgan fingerprint density at radius 3 is 2.80 bits per heavy atom. The largest absolute Gasteiger partial charge is 0.330 e. The van der Waals surface area contributed by atoms with Crippen molar-refractivity contribution in [2.24, 2.45) is 11.7 Å². The van der Waals surface area contributed by atoms with Crippen LogP contribution in [0.15, 0.2) is 0 Å². The van der Waals surface area contributed by atoms with Gasteiger partial charge >= 0.3 is 0 Å². The van der Waals surface area contributed by atoms with E-state index in [0.29, 0.717) is 12.1 Å². The summed E-state index contributed by atoms with van der Waals surface area (Å²) in [5.74, 6) is 1.98. The van der Waals surface area contributed by atoms with Crippen LogP contribution in [0.1, 0.15) is 39.0 Å². The quantitative estimate of drug-likeness (QED) is 0.735. The number of nitrogens with one attached hydrogen (secondary N) is 1. The van der Waals surface area contributed by atoms with Crippen LogP contribution >= 0.6 is 11.8 Å². The molecular formula is C12H26N2S. The number of thioether (sulfide) groups is 1. The van der Waals surface area contributed by atoms with Gasteiger partial charge < -0.3 is 11.1 Å². The van der Waals surface area contributed by atoms with E-state index in [-0.39, 0.29) is 0 Å². The zero-order valence-corrected chi connectivity index (χ0v) is 11.0. The van der Waals surface area contributed by atoms with Crippen LogP contribution in [0.25, 0.3) is 0 Å². The van der Waals surface area contributed by atoms with Crippen molar-refractivity contribution in [2.75, 3.05) is 18.6 Å². The second-order valence-corrected chi connectivity index (χ2v) is 5.72. The van der Waals surface area contributed by atoms with E-state index in [0.717, 1.165) is 12.5 Å². The van der Waals surface area contributed by atoms with Gasteiger partial charge in [-0.2, -0.15) is 11.8 Å². The Bertz CT molecular complexity index is 164. The standard InChI is InChI=1S/C12H26N2S/c1-10(7-8-15-2)14-12-6-4-3-5-11(12)9-13/h10-12,14H,3-9,13H2,1-2H3. The molecule has 90 valence electrons. The van der Waals surface area contributed by atoms with E-state index in [1.165, 1.54) is 37.9 Å². The molecule has 3 atom stereocenters. The van der Waals surface area contributed by atoms with Crippen LogP contribution in [0.5, 0.6) is 0 Å². The molecule has 1 aliphatic carbocycles. The Balaban J connectivity index is 2.27. The van der Waals surface area contributed by atoms with Gasteiger partial charge in [0.15, 0.2) is 0 Å². The van der Waals surface area contributed by atoms with Crippen LogP contribution in [-0.4, -0.2) is 30.6 Å². The molecule has 0 saturated heterocycles. The summed E-state index contributed by atoms with van der Waals surface area (Å²) in [6, 6.07) is 1.33. The molecule has 3 N–H and O–H groups in total. The van der Waals surface area contributed by atoms with Gasteiger partial charge in [-0.3, -0.25) is 0 Å². The lowest BCUT2D eigenvalue weighted by Gasteiger charge is -2.33. The van der Waals surface area contributed by atoms with Crippen molar-refractivity contribution in [3.05, 3.63) is 0 Å². The van der Waals surface area contributed by atoms with E-state index >= 15 is 0 Å². The van der Waals surface area contributed by atoms with Crippen LogP contribution in [-0.2, 0) is 0 Å². The minimum Gasteiger partial charge on any atom is -0.330 e. The summed E-state index contributed by atoms with van der Waals surface area (Å²) in [5, 5.41) is 3.76. The van der Waals surface area contributed by atoms with Crippen LogP contribution in [0, 0.1) is 5.92 Å². The van der Waals surface area contributed by atoms with Crippen molar-refractivity contribution in [3.8, 4) is 0 Å². The lowest BCUT2D eigenvalue weighted by molar-refractivity contribution is 0.250. The van der Waals surface area contributed by atoms with Gasteiger partial charge in [0.05, 0.1) is 0 Å². The molecule has 1 saturated carbocycles. The van der Waals surface area contributed by atoms with Crippen molar-refractivity contribution in [1.82, 2.24) is 5.32 Å². The maximum atomic E-state index is 5.83. The van der Waals surface area contributed by atoms with E-state index < -0.39 is 0 Å². The van der Waals surface area contributed by atoms with Gasteiger partial charge in [-0.05, 0) is 50.7 Å². The fourth-order valence-electron chi connectivity index (χ4n) is 2.45. The van der Waals surface area contributed by atoms with Crippen molar-refractivity contribution < 1.29 is 0 Å². The monoisotopic (exact) mass is 230 g/mol. The molecule has 0 amide bonds.